The Hall–Kier alpha value is -4.33. The zero-order chi connectivity index (χ0) is 20.2. The normalized spacial score (nSPS) is 10.5. The van der Waals surface area contributed by atoms with E-state index < -0.39 is 6.03 Å². The Labute approximate surface area is 165 Å². The fourth-order valence-electron chi connectivity index (χ4n) is 2.83. The Morgan fingerprint density at radius 1 is 0.897 bits per heavy atom. The number of carbonyl (C=O) groups excluding carboxylic acids is 2. The van der Waals surface area contributed by atoms with Crippen molar-refractivity contribution in [2.75, 3.05) is 10.6 Å². The number of anilines is 2. The summed E-state index contributed by atoms with van der Waals surface area (Å²) in [5.41, 5.74) is 7.83. The quantitative estimate of drug-likeness (QED) is 0.482. The Kier molecular flexibility index (Phi) is 4.81. The van der Waals surface area contributed by atoms with Gasteiger partial charge in [-0.25, -0.2) is 9.48 Å². The molecule has 144 valence electrons. The Morgan fingerprint density at radius 3 is 2.21 bits per heavy atom. The van der Waals surface area contributed by atoms with Gasteiger partial charge in [0.1, 0.15) is 11.4 Å². The molecule has 0 aliphatic carbocycles. The number of nitrogens with one attached hydrogen (secondary N) is 2. The average Bonchev–Trinajstić information content (AvgIpc) is 3.39. The number of hydrogen-bond donors (Lipinski definition) is 3. The first-order chi connectivity index (χ1) is 14.1. The maximum Gasteiger partial charge on any atom is 0.316 e. The summed E-state index contributed by atoms with van der Waals surface area (Å²) in [4.78, 5) is 23.9. The van der Waals surface area contributed by atoms with E-state index in [0.29, 0.717) is 28.5 Å². The minimum Gasteiger partial charge on any atom is -0.463 e. The molecule has 29 heavy (non-hydrogen) atoms. The van der Waals surface area contributed by atoms with Gasteiger partial charge in [0.25, 0.3) is 5.91 Å². The fourth-order valence-corrected chi connectivity index (χ4v) is 2.83. The van der Waals surface area contributed by atoms with Crippen LogP contribution in [0.5, 0.6) is 0 Å². The molecule has 2 heterocycles. The van der Waals surface area contributed by atoms with Gasteiger partial charge in [0, 0.05) is 17.4 Å². The van der Waals surface area contributed by atoms with Crippen molar-refractivity contribution in [3.8, 4) is 17.1 Å². The molecule has 8 heteroatoms. The minimum absolute atomic E-state index is 0.338. The number of aromatic nitrogens is 2. The Morgan fingerprint density at radius 2 is 1.59 bits per heavy atom. The summed E-state index contributed by atoms with van der Waals surface area (Å²) in [6.45, 7) is 0. The van der Waals surface area contributed by atoms with Crippen LogP contribution in [0.3, 0.4) is 0 Å². The summed E-state index contributed by atoms with van der Waals surface area (Å²) in [5, 5.41) is 9.83. The highest BCUT2D eigenvalue weighted by molar-refractivity contribution is 6.04. The average molecular weight is 387 g/mol. The third-order valence-corrected chi connectivity index (χ3v) is 4.13. The van der Waals surface area contributed by atoms with E-state index in [4.69, 9.17) is 10.2 Å². The number of furan rings is 1. The Balaban J connectivity index is 1.64. The van der Waals surface area contributed by atoms with Gasteiger partial charge in [-0.15, -0.1) is 0 Å². The van der Waals surface area contributed by atoms with Crippen LogP contribution in [0.25, 0.3) is 17.1 Å². The molecule has 0 saturated carbocycles. The summed E-state index contributed by atoms with van der Waals surface area (Å²) in [6, 6.07) is 20.5. The van der Waals surface area contributed by atoms with Crippen LogP contribution < -0.4 is 16.4 Å². The molecule has 0 atom stereocenters. The van der Waals surface area contributed by atoms with E-state index in [1.165, 1.54) is 0 Å². The van der Waals surface area contributed by atoms with Crippen LogP contribution in [0.15, 0.2) is 83.5 Å². The van der Waals surface area contributed by atoms with E-state index in [0.717, 1.165) is 5.69 Å². The summed E-state index contributed by atoms with van der Waals surface area (Å²) >= 11 is 0. The molecule has 0 unspecified atom stereocenters. The second kappa shape index (κ2) is 7.73. The first kappa shape index (κ1) is 18.1. The van der Waals surface area contributed by atoms with E-state index in [2.05, 4.69) is 15.7 Å². The van der Waals surface area contributed by atoms with Crippen molar-refractivity contribution in [3.63, 3.8) is 0 Å². The van der Waals surface area contributed by atoms with Crippen LogP contribution in [0.1, 0.15) is 10.5 Å². The molecule has 0 aliphatic rings. The first-order valence-corrected chi connectivity index (χ1v) is 8.77. The molecule has 2 aromatic carbocycles. The zero-order valence-electron chi connectivity index (χ0n) is 15.2. The van der Waals surface area contributed by atoms with Crippen LogP contribution in [-0.4, -0.2) is 21.7 Å². The lowest BCUT2D eigenvalue weighted by Crippen LogP contribution is -2.19. The smallest absolute Gasteiger partial charge is 0.316 e. The van der Waals surface area contributed by atoms with Crippen molar-refractivity contribution in [2.45, 2.75) is 0 Å². The maximum absolute atomic E-state index is 13.0. The molecule has 4 N–H and O–H groups in total. The third kappa shape index (κ3) is 4.01. The highest BCUT2D eigenvalue weighted by Crippen LogP contribution is 2.23. The van der Waals surface area contributed by atoms with E-state index in [-0.39, 0.29) is 5.91 Å². The number of carbonyl (C=O) groups is 2. The van der Waals surface area contributed by atoms with Gasteiger partial charge in [0.05, 0.1) is 12.0 Å². The lowest BCUT2D eigenvalue weighted by molar-refractivity contribution is 0.101. The van der Waals surface area contributed by atoms with Gasteiger partial charge in [0.15, 0.2) is 5.76 Å². The van der Waals surface area contributed by atoms with Gasteiger partial charge in [-0.2, -0.15) is 5.10 Å². The van der Waals surface area contributed by atoms with Gasteiger partial charge >= 0.3 is 6.03 Å². The number of primary amides is 1. The van der Waals surface area contributed by atoms with E-state index in [1.54, 1.807) is 53.4 Å². The lowest BCUT2D eigenvalue weighted by atomic mass is 10.2. The molecule has 0 bridgehead atoms. The zero-order valence-corrected chi connectivity index (χ0v) is 15.2. The molecule has 0 aliphatic heterocycles. The molecule has 8 nitrogen and oxygen atoms in total. The van der Waals surface area contributed by atoms with E-state index >= 15 is 0 Å². The largest absolute Gasteiger partial charge is 0.463 e. The number of para-hydroxylation sites is 1. The molecule has 0 fully saturated rings. The minimum atomic E-state index is -0.654. The molecule has 0 spiro atoms. The summed E-state index contributed by atoms with van der Waals surface area (Å²) in [6.07, 6.45) is 1.55. The number of nitrogens with zero attached hydrogens (tertiary/aromatic N) is 2. The first-order valence-electron chi connectivity index (χ1n) is 8.77. The molecular formula is C21H17N5O3. The lowest BCUT2D eigenvalue weighted by Gasteiger charge is -2.09. The number of urea groups is 1. The number of rotatable bonds is 5. The van der Waals surface area contributed by atoms with Crippen LogP contribution in [0.4, 0.5) is 16.2 Å². The standard InChI is InChI=1S/C21H17N5O3/c22-21(28)24-15-10-8-14(9-11-15)23-20(27)18-13-17(19-7-4-12-29-19)25-26(18)16-5-2-1-3-6-16/h1-13H,(H,23,27)(H3,22,24,28). The van der Waals surface area contributed by atoms with Crippen molar-refractivity contribution >= 4 is 23.3 Å². The van der Waals surface area contributed by atoms with Crippen LogP contribution >= 0.6 is 0 Å². The van der Waals surface area contributed by atoms with Gasteiger partial charge < -0.3 is 20.8 Å². The maximum atomic E-state index is 13.0. The van der Waals surface area contributed by atoms with E-state index in [1.807, 2.05) is 30.3 Å². The molecule has 4 rings (SSSR count). The summed E-state index contributed by atoms with van der Waals surface area (Å²) < 4.78 is 6.98. The molecule has 3 amide bonds. The molecule has 4 aromatic rings. The molecule has 2 aromatic heterocycles. The molecular weight excluding hydrogens is 370 g/mol. The monoisotopic (exact) mass is 387 g/mol. The highest BCUT2D eigenvalue weighted by Gasteiger charge is 2.19. The SMILES string of the molecule is NC(=O)Nc1ccc(NC(=O)c2cc(-c3ccco3)nn2-c2ccccc2)cc1. The van der Waals surface area contributed by atoms with Crippen LogP contribution in [0, 0.1) is 0 Å². The molecule has 0 saturated heterocycles. The number of hydrogen-bond acceptors (Lipinski definition) is 4. The fraction of sp³-hybridized carbons (Fsp3) is 0. The van der Waals surface area contributed by atoms with Crippen LogP contribution in [-0.2, 0) is 0 Å². The summed E-state index contributed by atoms with van der Waals surface area (Å²) in [5.74, 6) is 0.227. The highest BCUT2D eigenvalue weighted by atomic mass is 16.3. The van der Waals surface area contributed by atoms with Crippen molar-refractivity contribution in [2.24, 2.45) is 5.73 Å². The van der Waals surface area contributed by atoms with Crippen molar-refractivity contribution in [3.05, 3.63) is 84.8 Å². The van der Waals surface area contributed by atoms with Gasteiger partial charge in [-0.05, 0) is 48.5 Å². The van der Waals surface area contributed by atoms with Crippen molar-refractivity contribution in [1.82, 2.24) is 9.78 Å². The number of benzene rings is 2. The second-order valence-corrected chi connectivity index (χ2v) is 6.16. The summed E-state index contributed by atoms with van der Waals surface area (Å²) in [7, 11) is 0. The van der Waals surface area contributed by atoms with Gasteiger partial charge in [-0.1, -0.05) is 18.2 Å². The predicted molar refractivity (Wildman–Crippen MR) is 109 cm³/mol. The Bertz CT molecular complexity index is 1130. The second-order valence-electron chi connectivity index (χ2n) is 6.16. The van der Waals surface area contributed by atoms with Gasteiger partial charge in [-0.3, -0.25) is 4.79 Å². The topological polar surface area (TPSA) is 115 Å². The van der Waals surface area contributed by atoms with Crippen LogP contribution in [0.2, 0.25) is 0 Å². The third-order valence-electron chi connectivity index (χ3n) is 4.13. The van der Waals surface area contributed by atoms with Crippen molar-refractivity contribution in [1.29, 1.82) is 0 Å². The number of amides is 3. The van der Waals surface area contributed by atoms with Gasteiger partial charge in [0.2, 0.25) is 0 Å². The van der Waals surface area contributed by atoms with E-state index in [9.17, 15) is 9.59 Å². The van der Waals surface area contributed by atoms with Crippen molar-refractivity contribution < 1.29 is 14.0 Å². The number of nitrogens with two attached hydrogens (primary N) is 1. The predicted octanol–water partition coefficient (Wildman–Crippen LogP) is 3.88. The molecule has 0 radical (unpaired) electrons.